The van der Waals surface area contributed by atoms with Crippen molar-refractivity contribution in [2.75, 3.05) is 7.11 Å². The van der Waals surface area contributed by atoms with Crippen LogP contribution in [0.15, 0.2) is 24.3 Å². The Bertz CT molecular complexity index is 401. The van der Waals surface area contributed by atoms with Gasteiger partial charge in [0.25, 0.3) is 0 Å². The molecule has 0 radical (unpaired) electrons. The Kier molecular flexibility index (Phi) is 6.16. The fraction of sp³-hybridized carbons (Fsp3) is 0.273. The Labute approximate surface area is 100 Å². The molecule has 0 saturated carbocycles. The van der Waals surface area contributed by atoms with Crippen molar-refractivity contribution >= 4 is 18.4 Å². The second kappa shape index (κ2) is 6.83. The highest BCUT2D eigenvalue weighted by molar-refractivity contribution is 5.85. The van der Waals surface area contributed by atoms with Crippen LogP contribution in [0, 0.1) is 11.3 Å². The summed E-state index contributed by atoms with van der Waals surface area (Å²) in [6.07, 6.45) is 0.0786. The Morgan fingerprint density at radius 3 is 2.75 bits per heavy atom. The van der Waals surface area contributed by atoms with E-state index in [0.29, 0.717) is 11.1 Å². The lowest BCUT2D eigenvalue weighted by Gasteiger charge is -2.11. The molecule has 1 atom stereocenters. The van der Waals surface area contributed by atoms with Crippen LogP contribution < -0.4 is 5.73 Å². The van der Waals surface area contributed by atoms with Crippen LogP contribution in [-0.4, -0.2) is 13.1 Å². The van der Waals surface area contributed by atoms with Crippen LogP contribution in [0.1, 0.15) is 23.6 Å². The third-order valence-corrected chi connectivity index (χ3v) is 2.09. The van der Waals surface area contributed by atoms with E-state index < -0.39 is 6.04 Å². The Hall–Kier alpha value is -1.57. The average Bonchev–Trinajstić information content (AvgIpc) is 2.28. The summed E-state index contributed by atoms with van der Waals surface area (Å²) in [5.41, 5.74) is 6.96. The molecule has 86 valence electrons. The van der Waals surface area contributed by atoms with Gasteiger partial charge in [0.15, 0.2) is 0 Å². The fourth-order valence-corrected chi connectivity index (χ4v) is 1.30. The number of ether oxygens (including phenoxy) is 1. The SMILES string of the molecule is COC(=O)C[C@@H](N)c1ccccc1C#N.Cl. The summed E-state index contributed by atoms with van der Waals surface area (Å²) in [6.45, 7) is 0. The summed E-state index contributed by atoms with van der Waals surface area (Å²) < 4.78 is 4.51. The van der Waals surface area contributed by atoms with Gasteiger partial charge in [0, 0.05) is 6.04 Å². The predicted octanol–water partition coefficient (Wildman–Crippen LogP) is 1.54. The van der Waals surface area contributed by atoms with E-state index in [1.165, 1.54) is 7.11 Å². The molecule has 0 aliphatic carbocycles. The van der Waals surface area contributed by atoms with Crippen molar-refractivity contribution in [1.82, 2.24) is 0 Å². The van der Waals surface area contributed by atoms with Gasteiger partial charge in [-0.05, 0) is 11.6 Å². The number of methoxy groups -OCH3 is 1. The highest BCUT2D eigenvalue weighted by Crippen LogP contribution is 2.18. The molecule has 16 heavy (non-hydrogen) atoms. The number of hydrogen-bond donors (Lipinski definition) is 1. The van der Waals surface area contributed by atoms with Gasteiger partial charge < -0.3 is 10.5 Å². The number of nitrogens with zero attached hydrogens (tertiary/aromatic N) is 1. The van der Waals surface area contributed by atoms with Crippen LogP contribution >= 0.6 is 12.4 Å². The van der Waals surface area contributed by atoms with Crippen molar-refractivity contribution in [2.45, 2.75) is 12.5 Å². The topological polar surface area (TPSA) is 76.1 Å². The van der Waals surface area contributed by atoms with Gasteiger partial charge in [-0.15, -0.1) is 12.4 Å². The van der Waals surface area contributed by atoms with Crippen LogP contribution in [0.5, 0.6) is 0 Å². The Balaban J connectivity index is 0.00000225. The Morgan fingerprint density at radius 1 is 1.56 bits per heavy atom. The zero-order valence-corrected chi connectivity index (χ0v) is 9.66. The number of nitrogens with two attached hydrogens (primary N) is 1. The van der Waals surface area contributed by atoms with Crippen molar-refractivity contribution in [3.63, 3.8) is 0 Å². The monoisotopic (exact) mass is 240 g/mol. The van der Waals surface area contributed by atoms with Gasteiger partial charge in [-0.3, -0.25) is 4.79 Å². The largest absolute Gasteiger partial charge is 0.469 e. The first kappa shape index (κ1) is 14.4. The van der Waals surface area contributed by atoms with Crippen molar-refractivity contribution in [3.8, 4) is 6.07 Å². The summed E-state index contributed by atoms with van der Waals surface area (Å²) in [5.74, 6) is -0.379. The molecule has 1 rings (SSSR count). The molecule has 0 amide bonds. The molecule has 1 aromatic rings. The van der Waals surface area contributed by atoms with Crippen LogP contribution in [0.25, 0.3) is 0 Å². The number of nitriles is 1. The van der Waals surface area contributed by atoms with E-state index in [-0.39, 0.29) is 24.8 Å². The number of carbonyl (C=O) groups is 1. The number of carbonyl (C=O) groups excluding carboxylic acids is 1. The molecule has 4 nitrogen and oxygen atoms in total. The lowest BCUT2D eigenvalue weighted by molar-refractivity contribution is -0.141. The summed E-state index contributed by atoms with van der Waals surface area (Å²) in [4.78, 5) is 11.0. The van der Waals surface area contributed by atoms with E-state index in [2.05, 4.69) is 4.74 Å². The van der Waals surface area contributed by atoms with E-state index in [0.717, 1.165) is 0 Å². The zero-order chi connectivity index (χ0) is 11.3. The smallest absolute Gasteiger partial charge is 0.307 e. The zero-order valence-electron chi connectivity index (χ0n) is 8.84. The Morgan fingerprint density at radius 2 is 2.19 bits per heavy atom. The molecule has 0 bridgehead atoms. The first-order chi connectivity index (χ1) is 7.19. The fourth-order valence-electron chi connectivity index (χ4n) is 1.30. The molecular formula is C11H13ClN2O2. The first-order valence-electron chi connectivity index (χ1n) is 4.50. The minimum atomic E-state index is -0.492. The lowest BCUT2D eigenvalue weighted by atomic mass is 9.99. The molecule has 0 unspecified atom stereocenters. The van der Waals surface area contributed by atoms with Crippen LogP contribution in [0.4, 0.5) is 0 Å². The molecule has 1 aromatic carbocycles. The third kappa shape index (κ3) is 3.54. The maximum absolute atomic E-state index is 11.0. The van der Waals surface area contributed by atoms with Crippen LogP contribution in [-0.2, 0) is 9.53 Å². The quantitative estimate of drug-likeness (QED) is 0.814. The molecule has 0 saturated heterocycles. The van der Waals surface area contributed by atoms with E-state index >= 15 is 0 Å². The molecule has 2 N–H and O–H groups in total. The standard InChI is InChI=1S/C11H12N2O2.ClH/c1-15-11(14)6-10(13)9-5-3-2-4-8(9)7-12;/h2-5,10H,6,13H2,1H3;1H/t10-;/m1./s1. The number of esters is 1. The van der Waals surface area contributed by atoms with Gasteiger partial charge in [0.1, 0.15) is 0 Å². The summed E-state index contributed by atoms with van der Waals surface area (Å²) in [6, 6.07) is 8.50. The first-order valence-corrected chi connectivity index (χ1v) is 4.50. The minimum absolute atomic E-state index is 0. The van der Waals surface area contributed by atoms with Crippen molar-refractivity contribution < 1.29 is 9.53 Å². The summed E-state index contributed by atoms with van der Waals surface area (Å²) >= 11 is 0. The van der Waals surface area contributed by atoms with Crippen molar-refractivity contribution in [1.29, 1.82) is 5.26 Å². The average molecular weight is 241 g/mol. The molecular weight excluding hydrogens is 228 g/mol. The number of rotatable bonds is 3. The van der Waals surface area contributed by atoms with Crippen LogP contribution in [0.3, 0.4) is 0 Å². The van der Waals surface area contributed by atoms with E-state index in [9.17, 15) is 4.79 Å². The summed E-state index contributed by atoms with van der Waals surface area (Å²) in [5, 5.41) is 8.84. The van der Waals surface area contributed by atoms with Crippen molar-refractivity contribution in [2.24, 2.45) is 5.73 Å². The van der Waals surface area contributed by atoms with E-state index in [1.54, 1.807) is 24.3 Å². The molecule has 0 aliphatic heterocycles. The molecule has 0 spiro atoms. The predicted molar refractivity (Wildman–Crippen MR) is 62.0 cm³/mol. The molecule has 0 heterocycles. The van der Waals surface area contributed by atoms with Gasteiger partial charge in [-0.2, -0.15) is 5.26 Å². The maximum atomic E-state index is 11.0. The highest BCUT2D eigenvalue weighted by Gasteiger charge is 2.14. The second-order valence-electron chi connectivity index (χ2n) is 3.09. The van der Waals surface area contributed by atoms with Gasteiger partial charge in [-0.1, -0.05) is 18.2 Å². The van der Waals surface area contributed by atoms with Crippen molar-refractivity contribution in [3.05, 3.63) is 35.4 Å². The molecule has 0 aliphatic rings. The van der Waals surface area contributed by atoms with E-state index in [4.69, 9.17) is 11.0 Å². The molecule has 0 aromatic heterocycles. The molecule has 0 fully saturated rings. The van der Waals surface area contributed by atoms with Gasteiger partial charge in [0.2, 0.25) is 0 Å². The number of hydrogen-bond acceptors (Lipinski definition) is 4. The minimum Gasteiger partial charge on any atom is -0.469 e. The van der Waals surface area contributed by atoms with E-state index in [1.807, 2.05) is 6.07 Å². The van der Waals surface area contributed by atoms with Gasteiger partial charge in [0.05, 0.1) is 25.2 Å². The van der Waals surface area contributed by atoms with Crippen LogP contribution in [0.2, 0.25) is 0 Å². The lowest BCUT2D eigenvalue weighted by Crippen LogP contribution is -2.17. The number of benzene rings is 1. The normalized spacial score (nSPS) is 10.8. The van der Waals surface area contributed by atoms with Gasteiger partial charge in [-0.25, -0.2) is 0 Å². The third-order valence-electron chi connectivity index (χ3n) is 2.09. The van der Waals surface area contributed by atoms with Gasteiger partial charge >= 0.3 is 5.97 Å². The second-order valence-corrected chi connectivity index (χ2v) is 3.09. The maximum Gasteiger partial charge on any atom is 0.307 e. The molecule has 5 heteroatoms. The summed E-state index contributed by atoms with van der Waals surface area (Å²) in [7, 11) is 1.31. The number of halogens is 1. The highest BCUT2D eigenvalue weighted by atomic mass is 35.5.